The third-order valence-electron chi connectivity index (χ3n) is 5.35. The number of hydrogen-bond donors (Lipinski definition) is 1. The number of carbonyl (C=O) groups is 2. The fourth-order valence-electron chi connectivity index (χ4n) is 3.68. The van der Waals surface area contributed by atoms with Gasteiger partial charge in [0, 0.05) is 26.2 Å². The Kier molecular flexibility index (Phi) is 6.35. The molecule has 1 aliphatic heterocycles. The number of nitrogens with zero attached hydrogens (tertiary/aromatic N) is 2. The number of nitrogens with one attached hydrogen (secondary N) is 1. The van der Waals surface area contributed by atoms with E-state index >= 15 is 0 Å². The van der Waals surface area contributed by atoms with Gasteiger partial charge in [-0.2, -0.15) is 4.31 Å². The van der Waals surface area contributed by atoms with Gasteiger partial charge in [-0.25, -0.2) is 8.42 Å². The summed E-state index contributed by atoms with van der Waals surface area (Å²) in [4.78, 5) is 26.5. The molecule has 0 aliphatic carbocycles. The molecule has 162 valence electrons. The topological polar surface area (TPSA) is 86.8 Å². The highest BCUT2D eigenvalue weighted by atomic mass is 32.2. The Hall–Kier alpha value is -2.75. The molecule has 4 rings (SSSR count). The molecule has 1 saturated heterocycles. The van der Waals surface area contributed by atoms with Crippen LogP contribution in [0.1, 0.15) is 5.56 Å². The lowest BCUT2D eigenvalue weighted by atomic mass is 10.0. The van der Waals surface area contributed by atoms with Crippen LogP contribution in [-0.4, -0.2) is 62.2 Å². The van der Waals surface area contributed by atoms with Gasteiger partial charge < -0.3 is 10.2 Å². The first-order valence-electron chi connectivity index (χ1n) is 10.00. The lowest BCUT2D eigenvalue weighted by Crippen LogP contribution is -2.52. The predicted molar refractivity (Wildman–Crippen MR) is 120 cm³/mol. The number of amides is 2. The molecule has 31 heavy (non-hydrogen) atoms. The fourth-order valence-corrected chi connectivity index (χ4v) is 6.25. The van der Waals surface area contributed by atoms with Crippen molar-refractivity contribution in [2.24, 2.45) is 0 Å². The van der Waals surface area contributed by atoms with Crippen LogP contribution >= 0.6 is 11.3 Å². The van der Waals surface area contributed by atoms with Crippen LogP contribution in [-0.2, 0) is 26.0 Å². The van der Waals surface area contributed by atoms with Crippen molar-refractivity contribution in [3.63, 3.8) is 0 Å². The third-order valence-corrected chi connectivity index (χ3v) is 8.62. The van der Waals surface area contributed by atoms with Crippen LogP contribution in [0.5, 0.6) is 0 Å². The van der Waals surface area contributed by atoms with Crippen molar-refractivity contribution in [2.75, 3.05) is 32.7 Å². The molecule has 7 nitrogen and oxygen atoms in total. The van der Waals surface area contributed by atoms with E-state index in [4.69, 9.17) is 0 Å². The summed E-state index contributed by atoms with van der Waals surface area (Å²) < 4.78 is 26.9. The number of rotatable bonds is 6. The van der Waals surface area contributed by atoms with Gasteiger partial charge in [0.05, 0.1) is 13.0 Å². The summed E-state index contributed by atoms with van der Waals surface area (Å²) in [6.07, 6.45) is 0.196. The van der Waals surface area contributed by atoms with Gasteiger partial charge in [-0.05, 0) is 27.8 Å². The molecule has 2 heterocycles. The Labute approximate surface area is 185 Å². The van der Waals surface area contributed by atoms with Crippen LogP contribution in [0.3, 0.4) is 0 Å². The van der Waals surface area contributed by atoms with Crippen molar-refractivity contribution in [2.45, 2.75) is 10.6 Å². The number of hydrogen-bond acceptors (Lipinski definition) is 5. The van der Waals surface area contributed by atoms with Gasteiger partial charge in [0.25, 0.3) is 10.0 Å². The number of fused-ring (bicyclic) bond motifs is 1. The summed E-state index contributed by atoms with van der Waals surface area (Å²) in [6.45, 7) is 1.01. The molecule has 0 spiro atoms. The first kappa shape index (κ1) is 21.5. The van der Waals surface area contributed by atoms with E-state index in [1.807, 2.05) is 42.5 Å². The number of thiophene rings is 1. The van der Waals surface area contributed by atoms with Crippen LogP contribution in [0.15, 0.2) is 64.2 Å². The van der Waals surface area contributed by atoms with E-state index in [1.54, 1.807) is 22.4 Å². The number of piperazine rings is 1. The second kappa shape index (κ2) is 9.17. The number of sulfonamides is 1. The lowest BCUT2D eigenvalue weighted by Gasteiger charge is -2.33. The molecule has 0 bridgehead atoms. The first-order chi connectivity index (χ1) is 14.9. The Morgan fingerprint density at radius 3 is 2.42 bits per heavy atom. The molecule has 0 unspecified atom stereocenters. The maximum absolute atomic E-state index is 12.6. The summed E-state index contributed by atoms with van der Waals surface area (Å²) in [6, 6.07) is 17.0. The Balaban J connectivity index is 1.28. The summed E-state index contributed by atoms with van der Waals surface area (Å²) in [5.41, 5.74) is 0.912. The van der Waals surface area contributed by atoms with Crippen LogP contribution in [0.2, 0.25) is 0 Å². The third kappa shape index (κ3) is 4.79. The predicted octanol–water partition coefficient (Wildman–Crippen LogP) is 2.09. The molecule has 0 radical (unpaired) electrons. The van der Waals surface area contributed by atoms with Gasteiger partial charge in [0.1, 0.15) is 4.21 Å². The Morgan fingerprint density at radius 1 is 0.935 bits per heavy atom. The van der Waals surface area contributed by atoms with Gasteiger partial charge in [0.15, 0.2) is 0 Å². The molecular weight excluding hydrogens is 434 g/mol. The van der Waals surface area contributed by atoms with E-state index in [2.05, 4.69) is 5.32 Å². The summed E-state index contributed by atoms with van der Waals surface area (Å²) in [5.74, 6) is -0.428. The maximum atomic E-state index is 12.6. The highest BCUT2D eigenvalue weighted by Gasteiger charge is 2.30. The van der Waals surface area contributed by atoms with E-state index < -0.39 is 10.0 Å². The van der Waals surface area contributed by atoms with Crippen molar-refractivity contribution in [1.29, 1.82) is 0 Å². The molecule has 1 aromatic heterocycles. The van der Waals surface area contributed by atoms with Gasteiger partial charge in [-0.15, -0.1) is 11.3 Å². The van der Waals surface area contributed by atoms with Gasteiger partial charge in [-0.1, -0.05) is 48.5 Å². The van der Waals surface area contributed by atoms with E-state index in [0.717, 1.165) is 16.3 Å². The Bertz CT molecular complexity index is 1180. The van der Waals surface area contributed by atoms with E-state index in [-0.39, 0.29) is 37.9 Å². The average molecular weight is 458 g/mol. The van der Waals surface area contributed by atoms with E-state index in [1.165, 1.54) is 15.6 Å². The molecule has 1 fully saturated rings. The minimum absolute atomic E-state index is 0.0960. The van der Waals surface area contributed by atoms with Crippen molar-refractivity contribution in [3.8, 4) is 0 Å². The zero-order valence-electron chi connectivity index (χ0n) is 16.9. The van der Waals surface area contributed by atoms with Crippen LogP contribution in [0.25, 0.3) is 10.8 Å². The smallest absolute Gasteiger partial charge is 0.252 e. The Morgan fingerprint density at radius 2 is 1.68 bits per heavy atom. The van der Waals surface area contributed by atoms with Crippen molar-refractivity contribution in [3.05, 3.63) is 65.5 Å². The molecule has 1 aliphatic rings. The average Bonchev–Trinajstić information content (AvgIpc) is 3.34. The highest BCUT2D eigenvalue weighted by molar-refractivity contribution is 7.91. The number of benzene rings is 2. The van der Waals surface area contributed by atoms with Gasteiger partial charge in [0.2, 0.25) is 11.8 Å². The van der Waals surface area contributed by atoms with Crippen molar-refractivity contribution < 1.29 is 18.0 Å². The second-order valence-electron chi connectivity index (χ2n) is 7.31. The van der Waals surface area contributed by atoms with Crippen LogP contribution in [0.4, 0.5) is 0 Å². The SMILES string of the molecule is O=C(Cc1cccc2ccccc12)NCC(=O)N1CCN(S(=O)(=O)c2cccs2)CC1. The van der Waals surface area contributed by atoms with Crippen LogP contribution in [0, 0.1) is 0 Å². The minimum Gasteiger partial charge on any atom is -0.347 e. The molecule has 1 N–H and O–H groups in total. The zero-order chi connectivity index (χ0) is 21.8. The molecule has 0 atom stereocenters. The molecule has 3 aromatic rings. The monoisotopic (exact) mass is 457 g/mol. The molecular formula is C22H23N3O4S2. The zero-order valence-corrected chi connectivity index (χ0v) is 18.5. The normalized spacial score (nSPS) is 15.2. The summed E-state index contributed by atoms with van der Waals surface area (Å²) in [7, 11) is -3.50. The fraction of sp³-hybridized carbons (Fsp3) is 0.273. The quantitative estimate of drug-likeness (QED) is 0.614. The standard InChI is InChI=1S/C22H23N3O4S2/c26-20(15-18-7-3-6-17-5-1-2-8-19(17)18)23-16-21(27)24-10-12-25(13-11-24)31(28,29)22-9-4-14-30-22/h1-9,14H,10-13,15-16H2,(H,23,26). The van der Waals surface area contributed by atoms with E-state index in [0.29, 0.717) is 17.3 Å². The minimum atomic E-state index is -3.50. The second-order valence-corrected chi connectivity index (χ2v) is 10.4. The van der Waals surface area contributed by atoms with Crippen molar-refractivity contribution >= 4 is 43.9 Å². The lowest BCUT2D eigenvalue weighted by molar-refractivity contribution is -0.133. The summed E-state index contributed by atoms with van der Waals surface area (Å²) in [5, 5.41) is 6.52. The molecule has 2 amide bonds. The first-order valence-corrected chi connectivity index (χ1v) is 12.3. The van der Waals surface area contributed by atoms with Gasteiger partial charge >= 0.3 is 0 Å². The molecule has 9 heteroatoms. The highest BCUT2D eigenvalue weighted by Crippen LogP contribution is 2.22. The maximum Gasteiger partial charge on any atom is 0.252 e. The number of carbonyl (C=O) groups excluding carboxylic acids is 2. The van der Waals surface area contributed by atoms with Crippen LogP contribution < -0.4 is 5.32 Å². The molecule has 2 aromatic carbocycles. The molecule has 0 saturated carbocycles. The largest absolute Gasteiger partial charge is 0.347 e. The van der Waals surface area contributed by atoms with Gasteiger partial charge in [-0.3, -0.25) is 9.59 Å². The van der Waals surface area contributed by atoms with E-state index in [9.17, 15) is 18.0 Å². The van der Waals surface area contributed by atoms with Crippen molar-refractivity contribution in [1.82, 2.24) is 14.5 Å². The summed E-state index contributed by atoms with van der Waals surface area (Å²) >= 11 is 1.19.